The van der Waals surface area contributed by atoms with Gasteiger partial charge in [0.1, 0.15) is 35.1 Å². The molecule has 10 bridgehead atoms. The quantitative estimate of drug-likeness (QED) is 0.100. The van der Waals surface area contributed by atoms with Gasteiger partial charge in [0.15, 0.2) is 0 Å². The second-order valence-corrected chi connectivity index (χ2v) is 31.1. The number of carbonyl (C=O) groups excluding carboxylic acids is 6. The summed E-state index contributed by atoms with van der Waals surface area (Å²) in [4.78, 5) is 76.9. The van der Waals surface area contributed by atoms with Gasteiger partial charge in [0, 0.05) is 17.8 Å². The van der Waals surface area contributed by atoms with Crippen LogP contribution in [0.3, 0.4) is 0 Å². The lowest BCUT2D eigenvalue weighted by Crippen LogP contribution is -2.60. The average molecular weight is 1230 g/mol. The van der Waals surface area contributed by atoms with E-state index in [-0.39, 0.29) is 151 Å². The normalized spacial score (nSPS) is 35.6. The Morgan fingerprint density at radius 1 is 0.368 bits per heavy atom. The first kappa shape index (κ1) is 78.1. The molecule has 506 valence electrons. The Hall–Kier alpha value is -3.18. The molecule has 12 aliphatic rings. The van der Waals surface area contributed by atoms with Crippen LogP contribution in [-0.4, -0.2) is 70.9 Å². The monoisotopic (exact) mass is 1230 g/mol. The maximum atomic E-state index is 13.5. The van der Waals surface area contributed by atoms with Crippen LogP contribution in [0.4, 0.5) is 0 Å². The molecule has 12 unspecified atom stereocenters. The van der Waals surface area contributed by atoms with E-state index in [1.165, 1.54) is 44.9 Å². The maximum Gasteiger partial charge on any atom is 0.311 e. The predicted octanol–water partition coefficient (Wildman–Crippen LogP) is 19.0. The van der Waals surface area contributed by atoms with Crippen molar-refractivity contribution in [2.24, 2.45) is 93.2 Å². The summed E-state index contributed by atoms with van der Waals surface area (Å²) in [6, 6.07) is 0. The molecule has 87 heavy (non-hydrogen) atoms. The molecule has 0 spiro atoms. The molecule has 0 heterocycles. The fraction of sp³-hybridized carbons (Fsp3) is 0.920. The standard InChI is InChI=1S/C26H40O4.C22H36O4.C21H34O4.6CH4/c1-5-25(3,4)24(28)29-22-14-17-12-20(22)21(13-17)23(27)30-26(6-2)18-8-15-7-16(10-18)11-19(26)9-15;1-5-21(3,4)20(24)25-18-14-15-12-16(18)17(13-15)19(23)26-22(6-2)10-8-7-9-11-22;1-5-20(2,3)19(23)24-17-13-14-11-15(17)16(12-14)18(22)25-21(4)9-7-6-8-10-21;;;;;;/h15-22H,5-14H2,1-4H3;15-18H,5-14H2,1-4H3;14-17H,5-13H2,1-4H3;6*1H4. The summed E-state index contributed by atoms with van der Waals surface area (Å²) in [6.07, 6.45) is 29.9. The van der Waals surface area contributed by atoms with E-state index in [4.69, 9.17) is 28.4 Å². The molecule has 12 aliphatic carbocycles. The van der Waals surface area contributed by atoms with E-state index in [0.29, 0.717) is 29.6 Å². The number of hydrogen-bond donors (Lipinski definition) is 0. The number of ether oxygens (including phenoxy) is 6. The van der Waals surface area contributed by atoms with Gasteiger partial charge in [0.2, 0.25) is 0 Å². The van der Waals surface area contributed by atoms with Gasteiger partial charge in [0.25, 0.3) is 0 Å². The van der Waals surface area contributed by atoms with Crippen LogP contribution in [0.25, 0.3) is 0 Å². The molecule has 0 amide bonds. The van der Waals surface area contributed by atoms with Crippen LogP contribution >= 0.6 is 0 Å². The number of hydrogen-bond acceptors (Lipinski definition) is 12. The Morgan fingerprint density at radius 2 is 0.678 bits per heavy atom. The van der Waals surface area contributed by atoms with Gasteiger partial charge in [-0.1, -0.05) is 92.0 Å². The second-order valence-electron chi connectivity index (χ2n) is 31.1. The van der Waals surface area contributed by atoms with Crippen LogP contribution in [0.5, 0.6) is 0 Å². The van der Waals surface area contributed by atoms with Gasteiger partial charge in [-0.3, -0.25) is 28.8 Å². The SMILES string of the molecule is C.C.C.C.C.C.CCC(C)(C)C(=O)OC1CC2CC(C(=O)OC3(C)CCCCC3)C1C2.CCC(C)(C)C(=O)OC1CC2CC(C(=O)OC3(CC)C4CC5CC(C4)CC3C5)C1C2.CCC1(OC(=O)C2CC3CC(OC(=O)C(C)(C)CC)C2C3)CCCCC1. The lowest BCUT2D eigenvalue weighted by molar-refractivity contribution is -0.217. The molecule has 0 aliphatic heterocycles. The Morgan fingerprint density at radius 3 is 0.989 bits per heavy atom. The molecule has 0 N–H and O–H groups in total. The van der Waals surface area contributed by atoms with Gasteiger partial charge in [-0.25, -0.2) is 0 Å². The van der Waals surface area contributed by atoms with E-state index in [9.17, 15) is 28.8 Å². The van der Waals surface area contributed by atoms with Crippen molar-refractivity contribution < 1.29 is 57.2 Å². The molecule has 0 aromatic heterocycles. The summed E-state index contributed by atoms with van der Waals surface area (Å²) < 4.78 is 36.4. The second kappa shape index (κ2) is 31.0. The minimum absolute atomic E-state index is 0. The topological polar surface area (TPSA) is 158 Å². The molecular formula is C75H134O12. The summed E-state index contributed by atoms with van der Waals surface area (Å²) in [7, 11) is 0. The van der Waals surface area contributed by atoms with Crippen LogP contribution in [0.2, 0.25) is 0 Å². The third-order valence-corrected chi connectivity index (χ3v) is 24.6. The van der Waals surface area contributed by atoms with Gasteiger partial charge < -0.3 is 28.4 Å². The molecular weight excluding hydrogens is 1090 g/mol. The van der Waals surface area contributed by atoms with Crippen LogP contribution < -0.4 is 0 Å². The van der Waals surface area contributed by atoms with Crippen molar-refractivity contribution >= 4 is 35.8 Å². The van der Waals surface area contributed by atoms with Crippen LogP contribution in [0, 0.1) is 93.2 Å². The fourth-order valence-corrected chi connectivity index (χ4v) is 18.2. The molecule has 0 aromatic rings. The van der Waals surface area contributed by atoms with E-state index >= 15 is 0 Å². The molecule has 0 saturated heterocycles. The zero-order valence-electron chi connectivity index (χ0n) is 52.6. The summed E-state index contributed by atoms with van der Waals surface area (Å²) in [5.41, 5.74) is -2.10. The van der Waals surface area contributed by atoms with Gasteiger partial charge in [0.05, 0.1) is 34.0 Å². The highest BCUT2D eigenvalue weighted by atomic mass is 16.6. The Bertz CT molecular complexity index is 2220. The molecule has 12 atom stereocenters. The van der Waals surface area contributed by atoms with Crippen molar-refractivity contribution in [3.05, 3.63) is 0 Å². The molecule has 12 rings (SSSR count). The molecule has 0 radical (unpaired) electrons. The smallest absolute Gasteiger partial charge is 0.311 e. The summed E-state index contributed by atoms with van der Waals surface area (Å²) in [5, 5.41) is 0. The number of fused-ring (bicyclic) bond motifs is 6. The third kappa shape index (κ3) is 16.5. The van der Waals surface area contributed by atoms with Crippen molar-refractivity contribution in [1.29, 1.82) is 0 Å². The van der Waals surface area contributed by atoms with Crippen LogP contribution in [-0.2, 0) is 57.2 Å². The Labute approximate surface area is 532 Å². The average Bonchev–Trinajstić information content (AvgIpc) is 1.80. The molecule has 0 aromatic carbocycles. The molecule has 12 heteroatoms. The fourth-order valence-electron chi connectivity index (χ4n) is 18.2. The zero-order chi connectivity index (χ0) is 58.5. The lowest BCUT2D eigenvalue weighted by atomic mass is 9.49. The highest BCUT2D eigenvalue weighted by Crippen LogP contribution is 2.62. The Kier molecular flexibility index (Phi) is 27.8. The van der Waals surface area contributed by atoms with Crippen LogP contribution in [0.1, 0.15) is 314 Å². The van der Waals surface area contributed by atoms with Gasteiger partial charge in [-0.15, -0.1) is 0 Å². The number of esters is 6. The summed E-state index contributed by atoms with van der Waals surface area (Å²) >= 11 is 0. The minimum atomic E-state index is -0.454. The van der Waals surface area contributed by atoms with Crippen molar-refractivity contribution in [1.82, 2.24) is 0 Å². The molecule has 12 nitrogen and oxygen atoms in total. The molecule has 12 saturated carbocycles. The first-order valence-electron chi connectivity index (χ1n) is 33.6. The van der Waals surface area contributed by atoms with E-state index in [0.717, 1.165) is 153 Å². The van der Waals surface area contributed by atoms with Gasteiger partial charge in [-0.05, 0) is 263 Å². The van der Waals surface area contributed by atoms with E-state index < -0.39 is 16.2 Å². The first-order chi connectivity index (χ1) is 38.3. The predicted molar refractivity (Wildman–Crippen MR) is 351 cm³/mol. The first-order valence-corrected chi connectivity index (χ1v) is 33.6. The lowest BCUT2D eigenvalue weighted by Gasteiger charge is -2.60. The van der Waals surface area contributed by atoms with Crippen molar-refractivity contribution in [3.8, 4) is 0 Å². The van der Waals surface area contributed by atoms with Gasteiger partial charge >= 0.3 is 35.8 Å². The summed E-state index contributed by atoms with van der Waals surface area (Å²) in [5.74, 6) is 4.21. The highest BCUT2D eigenvalue weighted by Gasteiger charge is 2.61. The zero-order valence-corrected chi connectivity index (χ0v) is 52.6. The highest BCUT2D eigenvalue weighted by molar-refractivity contribution is 5.79. The maximum absolute atomic E-state index is 13.5. The number of rotatable bonds is 17. The third-order valence-electron chi connectivity index (χ3n) is 24.6. The minimum Gasteiger partial charge on any atom is -0.462 e. The summed E-state index contributed by atoms with van der Waals surface area (Å²) in [6.45, 7) is 24.1. The van der Waals surface area contributed by atoms with Crippen molar-refractivity contribution in [2.75, 3.05) is 0 Å². The van der Waals surface area contributed by atoms with Crippen LogP contribution in [0.15, 0.2) is 0 Å². The van der Waals surface area contributed by atoms with Gasteiger partial charge in [-0.2, -0.15) is 0 Å². The van der Waals surface area contributed by atoms with E-state index in [2.05, 4.69) is 20.8 Å². The van der Waals surface area contributed by atoms with E-state index in [1.54, 1.807) is 0 Å². The Balaban J connectivity index is 0.000000332. The van der Waals surface area contributed by atoms with Crippen molar-refractivity contribution in [3.63, 3.8) is 0 Å². The van der Waals surface area contributed by atoms with E-state index in [1.807, 2.05) is 62.3 Å². The molecule has 12 fully saturated rings. The largest absolute Gasteiger partial charge is 0.462 e. The van der Waals surface area contributed by atoms with Crippen molar-refractivity contribution in [2.45, 2.75) is 349 Å². The number of carbonyl (C=O) groups is 6.